The molecular formula is C14H18O3S. The molecule has 0 amide bonds. The first-order chi connectivity index (χ1) is 8.56. The molecular weight excluding hydrogens is 248 g/mol. The van der Waals surface area contributed by atoms with Gasteiger partial charge in [-0.05, 0) is 36.0 Å². The predicted molar refractivity (Wildman–Crippen MR) is 72.0 cm³/mol. The van der Waals surface area contributed by atoms with Crippen LogP contribution in [0.25, 0.3) is 0 Å². The molecule has 0 aromatic heterocycles. The number of benzene rings is 1. The number of hydrogen-bond donors (Lipinski definition) is 1. The maximum Gasteiger partial charge on any atom is 0.307 e. The molecule has 0 radical (unpaired) electrons. The van der Waals surface area contributed by atoms with Gasteiger partial charge in [-0.3, -0.25) is 9.00 Å². The monoisotopic (exact) mass is 266 g/mol. The van der Waals surface area contributed by atoms with Gasteiger partial charge in [0, 0.05) is 22.3 Å². The third kappa shape index (κ3) is 3.19. The van der Waals surface area contributed by atoms with E-state index >= 15 is 0 Å². The molecule has 1 aromatic rings. The van der Waals surface area contributed by atoms with Crippen molar-refractivity contribution < 1.29 is 14.1 Å². The summed E-state index contributed by atoms with van der Waals surface area (Å²) in [5.41, 5.74) is 3.84. The van der Waals surface area contributed by atoms with Gasteiger partial charge in [0.25, 0.3) is 0 Å². The topological polar surface area (TPSA) is 54.4 Å². The zero-order valence-electron chi connectivity index (χ0n) is 10.5. The summed E-state index contributed by atoms with van der Waals surface area (Å²) in [6.07, 6.45) is 3.47. The van der Waals surface area contributed by atoms with Crippen LogP contribution in [-0.2, 0) is 34.2 Å². The van der Waals surface area contributed by atoms with Gasteiger partial charge >= 0.3 is 5.97 Å². The van der Waals surface area contributed by atoms with Crippen molar-refractivity contribution >= 4 is 16.8 Å². The molecule has 0 spiro atoms. The molecule has 1 aliphatic carbocycles. The number of carbonyl (C=O) groups is 1. The summed E-state index contributed by atoms with van der Waals surface area (Å²) in [6, 6.07) is 6.27. The van der Waals surface area contributed by atoms with Gasteiger partial charge in [0.15, 0.2) is 0 Å². The quantitative estimate of drug-likeness (QED) is 0.888. The highest BCUT2D eigenvalue weighted by molar-refractivity contribution is 7.84. The maximum absolute atomic E-state index is 11.9. The normalized spacial score (nSPS) is 17.2. The Balaban J connectivity index is 1.97. The molecule has 1 aromatic carbocycles. The Kier molecular flexibility index (Phi) is 4.17. The number of rotatable bonds is 5. The van der Waals surface area contributed by atoms with E-state index in [1.807, 2.05) is 6.07 Å². The summed E-state index contributed by atoms with van der Waals surface area (Å²) in [6.45, 7) is 1.60. The minimum atomic E-state index is -1.10. The standard InChI is InChI=1S/C14H18O3S/c1-10(14(15)16)8-18(17)9-11-5-6-12-3-2-4-13(12)7-11/h5-7,10H,2-4,8-9H2,1H3,(H,15,16). The second-order valence-corrected chi connectivity index (χ2v) is 6.45. The van der Waals surface area contributed by atoms with Gasteiger partial charge in [-0.25, -0.2) is 0 Å². The summed E-state index contributed by atoms with van der Waals surface area (Å²) < 4.78 is 11.9. The van der Waals surface area contributed by atoms with Crippen molar-refractivity contribution in [2.45, 2.75) is 31.9 Å². The van der Waals surface area contributed by atoms with Crippen molar-refractivity contribution in [3.8, 4) is 0 Å². The van der Waals surface area contributed by atoms with Crippen LogP contribution in [0.3, 0.4) is 0 Å². The highest BCUT2D eigenvalue weighted by Crippen LogP contribution is 2.23. The van der Waals surface area contributed by atoms with Crippen LogP contribution in [0, 0.1) is 5.92 Å². The Morgan fingerprint density at radius 2 is 2.11 bits per heavy atom. The molecule has 0 saturated carbocycles. The molecule has 4 heteroatoms. The van der Waals surface area contributed by atoms with Gasteiger partial charge < -0.3 is 5.11 Å². The predicted octanol–water partition coefficient (Wildman–Crippen LogP) is 2.14. The van der Waals surface area contributed by atoms with Gasteiger partial charge in [0.2, 0.25) is 0 Å². The van der Waals surface area contributed by atoms with Crippen molar-refractivity contribution in [1.29, 1.82) is 0 Å². The van der Waals surface area contributed by atoms with Crippen LogP contribution in [0.15, 0.2) is 18.2 Å². The number of aliphatic carboxylic acids is 1. The molecule has 2 unspecified atom stereocenters. The van der Waals surface area contributed by atoms with E-state index in [1.165, 1.54) is 17.5 Å². The minimum Gasteiger partial charge on any atom is -0.481 e. The fraction of sp³-hybridized carbons (Fsp3) is 0.500. The zero-order valence-corrected chi connectivity index (χ0v) is 11.3. The third-order valence-electron chi connectivity index (χ3n) is 3.35. The van der Waals surface area contributed by atoms with E-state index in [0.29, 0.717) is 5.75 Å². The summed E-state index contributed by atoms with van der Waals surface area (Å²) in [7, 11) is -1.10. The van der Waals surface area contributed by atoms with Crippen molar-refractivity contribution in [1.82, 2.24) is 0 Å². The molecule has 2 atom stereocenters. The van der Waals surface area contributed by atoms with Crippen LogP contribution < -0.4 is 0 Å². The Morgan fingerprint density at radius 1 is 1.39 bits per heavy atom. The highest BCUT2D eigenvalue weighted by atomic mass is 32.2. The first-order valence-electron chi connectivity index (χ1n) is 6.24. The summed E-state index contributed by atoms with van der Waals surface area (Å²) in [4.78, 5) is 10.7. The highest BCUT2D eigenvalue weighted by Gasteiger charge is 2.16. The molecule has 2 rings (SSSR count). The molecule has 1 N–H and O–H groups in total. The lowest BCUT2D eigenvalue weighted by Crippen LogP contribution is -2.18. The fourth-order valence-corrected chi connectivity index (χ4v) is 3.68. The molecule has 0 bridgehead atoms. The molecule has 0 saturated heterocycles. The SMILES string of the molecule is CC(CS(=O)Cc1ccc2c(c1)CCC2)C(=O)O. The summed E-state index contributed by atoms with van der Waals surface area (Å²) >= 11 is 0. The molecule has 3 nitrogen and oxygen atoms in total. The molecule has 1 aliphatic rings. The average Bonchev–Trinajstić information content (AvgIpc) is 2.75. The lowest BCUT2D eigenvalue weighted by molar-refractivity contribution is -0.140. The van der Waals surface area contributed by atoms with E-state index < -0.39 is 22.7 Å². The van der Waals surface area contributed by atoms with Gasteiger partial charge in [-0.1, -0.05) is 25.1 Å². The molecule has 98 valence electrons. The van der Waals surface area contributed by atoms with Crippen molar-refractivity contribution in [3.05, 3.63) is 34.9 Å². The van der Waals surface area contributed by atoms with Crippen LogP contribution in [0.5, 0.6) is 0 Å². The molecule has 0 heterocycles. The first kappa shape index (κ1) is 13.3. The van der Waals surface area contributed by atoms with Crippen molar-refractivity contribution in [3.63, 3.8) is 0 Å². The molecule has 18 heavy (non-hydrogen) atoms. The molecule has 0 aliphatic heterocycles. The maximum atomic E-state index is 11.9. The van der Waals surface area contributed by atoms with E-state index in [2.05, 4.69) is 12.1 Å². The second-order valence-electron chi connectivity index (χ2n) is 4.95. The van der Waals surface area contributed by atoms with Gasteiger partial charge in [-0.2, -0.15) is 0 Å². The minimum absolute atomic E-state index is 0.229. The Bertz CT molecular complexity index is 482. The van der Waals surface area contributed by atoms with Gasteiger partial charge in [-0.15, -0.1) is 0 Å². The van der Waals surface area contributed by atoms with Crippen LogP contribution >= 0.6 is 0 Å². The largest absolute Gasteiger partial charge is 0.481 e. The number of carboxylic acids is 1. The molecule has 0 fully saturated rings. The van der Waals surface area contributed by atoms with Crippen molar-refractivity contribution in [2.75, 3.05) is 5.75 Å². The lowest BCUT2D eigenvalue weighted by Gasteiger charge is -2.07. The average molecular weight is 266 g/mol. The Labute approximate surface area is 110 Å². The summed E-state index contributed by atoms with van der Waals surface area (Å²) in [5, 5.41) is 8.79. The Morgan fingerprint density at radius 3 is 2.83 bits per heavy atom. The number of aryl methyl sites for hydroxylation is 2. The number of hydrogen-bond acceptors (Lipinski definition) is 2. The smallest absolute Gasteiger partial charge is 0.307 e. The van der Waals surface area contributed by atoms with Gasteiger partial charge in [0.1, 0.15) is 0 Å². The van der Waals surface area contributed by atoms with Crippen LogP contribution in [0.1, 0.15) is 30.0 Å². The summed E-state index contributed by atoms with van der Waals surface area (Å²) in [5.74, 6) is -0.727. The van der Waals surface area contributed by atoms with Crippen LogP contribution in [0.2, 0.25) is 0 Å². The number of fused-ring (bicyclic) bond motifs is 1. The second kappa shape index (κ2) is 5.65. The van der Waals surface area contributed by atoms with E-state index in [9.17, 15) is 9.00 Å². The van der Waals surface area contributed by atoms with Gasteiger partial charge in [0.05, 0.1) is 5.92 Å². The third-order valence-corrected chi connectivity index (χ3v) is 4.88. The lowest BCUT2D eigenvalue weighted by atomic mass is 10.1. The van der Waals surface area contributed by atoms with E-state index in [4.69, 9.17) is 5.11 Å². The van der Waals surface area contributed by atoms with E-state index in [1.54, 1.807) is 6.92 Å². The van der Waals surface area contributed by atoms with Crippen molar-refractivity contribution in [2.24, 2.45) is 5.92 Å². The Hall–Kier alpha value is -1.16. The van der Waals surface area contributed by atoms with Crippen LogP contribution in [-0.4, -0.2) is 21.0 Å². The van der Waals surface area contributed by atoms with E-state index in [0.717, 1.165) is 18.4 Å². The number of carboxylic acid groups (broad SMARTS) is 1. The zero-order chi connectivity index (χ0) is 13.1. The fourth-order valence-electron chi connectivity index (χ4n) is 2.31. The first-order valence-corrected chi connectivity index (χ1v) is 7.73. The van der Waals surface area contributed by atoms with Crippen LogP contribution in [0.4, 0.5) is 0 Å². The van der Waals surface area contributed by atoms with E-state index in [-0.39, 0.29) is 5.75 Å².